The summed E-state index contributed by atoms with van der Waals surface area (Å²) in [5, 5.41) is 16.4. The highest BCUT2D eigenvalue weighted by molar-refractivity contribution is 8.03. The van der Waals surface area contributed by atoms with Crippen LogP contribution in [0, 0.1) is 0 Å². The van der Waals surface area contributed by atoms with Crippen molar-refractivity contribution < 1.29 is 5.11 Å². The molecule has 0 spiro atoms. The molecule has 0 saturated carbocycles. The normalized spacial score (nSPS) is 15.3. The van der Waals surface area contributed by atoms with Crippen molar-refractivity contribution in [2.24, 2.45) is 4.99 Å². The number of fused-ring (bicyclic) bond motifs is 4. The summed E-state index contributed by atoms with van der Waals surface area (Å²) in [4.78, 5) is 9.18. The maximum Gasteiger partial charge on any atom is 0.0840 e. The van der Waals surface area contributed by atoms with Crippen molar-refractivity contribution >= 4 is 74.8 Å². The predicted molar refractivity (Wildman–Crippen MR) is 201 cm³/mol. The first-order valence-corrected chi connectivity index (χ1v) is 17.2. The third-order valence-electron chi connectivity index (χ3n) is 6.28. The number of nitrogens with zero attached hydrogens (tertiary/aromatic N) is 2. The van der Waals surface area contributed by atoms with E-state index in [-0.39, 0.29) is 0 Å². The van der Waals surface area contributed by atoms with Crippen LogP contribution < -0.4 is 4.90 Å². The zero-order valence-electron chi connectivity index (χ0n) is 27.0. The Bertz CT molecular complexity index is 1520. The number of thiol groups is 1. The molecule has 1 atom stereocenters. The van der Waals surface area contributed by atoms with E-state index in [2.05, 4.69) is 116 Å². The Kier molecular flexibility index (Phi) is 16.7. The van der Waals surface area contributed by atoms with Gasteiger partial charge >= 0.3 is 0 Å². The molecule has 2 heterocycles. The quantitative estimate of drug-likeness (QED) is 0.174. The smallest absolute Gasteiger partial charge is 0.0840 e. The van der Waals surface area contributed by atoms with Crippen LogP contribution in [0.15, 0.2) is 110 Å². The Morgan fingerprint density at radius 2 is 1.51 bits per heavy atom. The molecule has 6 rings (SSSR count). The highest BCUT2D eigenvalue weighted by Gasteiger charge is 2.24. The van der Waals surface area contributed by atoms with Gasteiger partial charge in [-0.05, 0) is 55.0 Å². The van der Waals surface area contributed by atoms with Gasteiger partial charge in [-0.1, -0.05) is 119 Å². The van der Waals surface area contributed by atoms with Crippen LogP contribution in [-0.2, 0) is 0 Å². The SMILES string of the molecule is CC.CC(C)=Nc1c(S)ccc2ccccc12.CCC.CN1C(=CCC2CC=CS2)Sc2ccc3ccccc3c21.CO. The van der Waals surface area contributed by atoms with Crippen molar-refractivity contribution in [3.05, 3.63) is 95.4 Å². The molecule has 0 bridgehead atoms. The Morgan fingerprint density at radius 1 is 0.930 bits per heavy atom. The van der Waals surface area contributed by atoms with Crippen LogP contribution in [0.25, 0.3) is 21.5 Å². The average Bonchev–Trinajstić information content (AvgIpc) is 3.68. The third-order valence-corrected chi connectivity index (χ3v) is 8.96. The van der Waals surface area contributed by atoms with Crippen LogP contribution in [0.2, 0.25) is 0 Å². The van der Waals surface area contributed by atoms with Crippen LogP contribution >= 0.6 is 36.2 Å². The fraction of sp³-hybridized carbons (Fsp3) is 0.324. The number of thioether (sulfide) groups is 2. The fourth-order valence-corrected chi connectivity index (χ4v) is 6.76. The Labute approximate surface area is 274 Å². The molecule has 0 fully saturated rings. The van der Waals surface area contributed by atoms with Crippen molar-refractivity contribution in [1.29, 1.82) is 0 Å². The molecular formula is C37H48N2OS3. The third kappa shape index (κ3) is 10.2. The maximum atomic E-state index is 7.00. The maximum absolute atomic E-state index is 7.00. The number of rotatable bonds is 3. The lowest BCUT2D eigenvalue weighted by Gasteiger charge is -2.16. The van der Waals surface area contributed by atoms with Gasteiger partial charge in [0.05, 0.1) is 16.4 Å². The number of benzene rings is 4. The average molecular weight is 633 g/mol. The van der Waals surface area contributed by atoms with E-state index in [9.17, 15) is 0 Å². The number of hydrogen-bond donors (Lipinski definition) is 2. The number of hydrogen-bond acceptors (Lipinski definition) is 6. The summed E-state index contributed by atoms with van der Waals surface area (Å²) in [5.74, 6) is 0. The minimum Gasteiger partial charge on any atom is -0.400 e. The second kappa shape index (κ2) is 19.6. The summed E-state index contributed by atoms with van der Waals surface area (Å²) in [5.41, 5.74) is 3.37. The first kappa shape index (κ1) is 36.6. The van der Waals surface area contributed by atoms with Gasteiger partial charge in [0.15, 0.2) is 0 Å². The summed E-state index contributed by atoms with van der Waals surface area (Å²) >= 11 is 8.30. The van der Waals surface area contributed by atoms with Gasteiger partial charge in [0, 0.05) is 45.7 Å². The van der Waals surface area contributed by atoms with Crippen molar-refractivity contribution in [3.63, 3.8) is 0 Å². The Hall–Kier alpha value is -2.64. The Morgan fingerprint density at radius 3 is 2.12 bits per heavy atom. The minimum absolute atomic E-state index is 0.729. The first-order chi connectivity index (χ1) is 20.9. The van der Waals surface area contributed by atoms with Crippen LogP contribution in [-0.4, -0.2) is 30.2 Å². The van der Waals surface area contributed by atoms with Crippen molar-refractivity contribution in [1.82, 2.24) is 0 Å². The van der Waals surface area contributed by atoms with E-state index in [1.54, 1.807) is 0 Å². The summed E-state index contributed by atoms with van der Waals surface area (Å²) in [6.45, 7) is 12.2. The summed E-state index contributed by atoms with van der Waals surface area (Å²) in [6.07, 6.45) is 8.29. The molecule has 3 nitrogen and oxygen atoms in total. The van der Waals surface area contributed by atoms with E-state index in [0.29, 0.717) is 0 Å². The van der Waals surface area contributed by atoms with Crippen LogP contribution in [0.4, 0.5) is 11.4 Å². The summed E-state index contributed by atoms with van der Waals surface area (Å²) in [6, 6.07) is 25.4. The molecule has 6 heteroatoms. The second-order valence-electron chi connectivity index (χ2n) is 9.86. The van der Waals surface area contributed by atoms with E-state index in [1.807, 2.05) is 69.4 Å². The van der Waals surface area contributed by atoms with E-state index in [0.717, 1.165) is 40.5 Å². The van der Waals surface area contributed by atoms with E-state index >= 15 is 0 Å². The molecule has 4 aromatic rings. The predicted octanol–water partition coefficient (Wildman–Crippen LogP) is 11.9. The molecule has 0 radical (unpaired) electrons. The van der Waals surface area contributed by atoms with Crippen molar-refractivity contribution in [3.8, 4) is 0 Å². The number of aliphatic hydroxyl groups excluding tert-OH is 1. The first-order valence-electron chi connectivity index (χ1n) is 15.0. The van der Waals surface area contributed by atoms with Gasteiger partial charge < -0.3 is 10.0 Å². The molecule has 2 aliphatic heterocycles. The van der Waals surface area contributed by atoms with Crippen LogP contribution in [0.5, 0.6) is 0 Å². The summed E-state index contributed by atoms with van der Waals surface area (Å²) in [7, 11) is 3.19. The molecule has 0 aromatic heterocycles. The lowest BCUT2D eigenvalue weighted by atomic mass is 10.1. The van der Waals surface area contributed by atoms with E-state index in [4.69, 9.17) is 5.11 Å². The number of aliphatic hydroxyl groups is 1. The minimum atomic E-state index is 0.729. The van der Waals surface area contributed by atoms with Crippen molar-refractivity contribution in [2.75, 3.05) is 19.1 Å². The molecular weight excluding hydrogens is 585 g/mol. The van der Waals surface area contributed by atoms with Gasteiger partial charge in [-0.15, -0.1) is 24.4 Å². The lowest BCUT2D eigenvalue weighted by Crippen LogP contribution is -2.10. The molecule has 0 saturated heterocycles. The highest BCUT2D eigenvalue weighted by Crippen LogP contribution is 2.48. The number of allylic oxidation sites excluding steroid dienone is 2. The molecule has 1 unspecified atom stereocenters. The van der Waals surface area contributed by atoms with Gasteiger partial charge in [0.25, 0.3) is 0 Å². The topological polar surface area (TPSA) is 35.8 Å². The largest absolute Gasteiger partial charge is 0.400 e. The molecule has 4 aromatic carbocycles. The fourth-order valence-electron chi connectivity index (χ4n) is 4.53. The zero-order valence-corrected chi connectivity index (χ0v) is 29.5. The molecule has 0 amide bonds. The van der Waals surface area contributed by atoms with E-state index < -0.39 is 0 Å². The van der Waals surface area contributed by atoms with Crippen molar-refractivity contribution in [2.45, 2.75) is 75.8 Å². The number of aliphatic imine (C=N–C) groups is 1. The molecule has 1 N–H and O–H groups in total. The molecule has 43 heavy (non-hydrogen) atoms. The van der Waals surface area contributed by atoms with Gasteiger partial charge in [-0.2, -0.15) is 0 Å². The monoisotopic (exact) mass is 632 g/mol. The highest BCUT2D eigenvalue weighted by atomic mass is 32.2. The van der Waals surface area contributed by atoms with Gasteiger partial charge in [-0.3, -0.25) is 4.99 Å². The zero-order chi connectivity index (χ0) is 31.8. The lowest BCUT2D eigenvalue weighted by molar-refractivity contribution is 0.399. The molecule has 0 aliphatic carbocycles. The van der Waals surface area contributed by atoms with Gasteiger partial charge in [0.1, 0.15) is 0 Å². The Balaban J connectivity index is 0.000000258. The standard InChI is InChI=1S/C18H17NS2.C13H13NS.C3H8.C2H6.CH4O/c1-19-17(11-9-14-6-4-12-20-14)21-16-10-8-13-5-2-3-7-15(13)18(16)19;1-9(2)14-13-11-6-4-3-5-10(11)7-8-12(13)15;1-3-2;2*1-2/h2-5,7-8,10-12,14H,6,9H2,1H3;3-8,15H,1-2H3;3H2,1-2H3;1-2H3;2H,1H3. The molecule has 230 valence electrons. The number of anilines is 1. The summed E-state index contributed by atoms with van der Waals surface area (Å²) < 4.78 is 0. The molecule has 2 aliphatic rings. The van der Waals surface area contributed by atoms with Crippen LogP contribution in [0.1, 0.15) is 60.8 Å². The second-order valence-corrected chi connectivity index (χ2v) is 12.6. The van der Waals surface area contributed by atoms with Gasteiger partial charge in [0.2, 0.25) is 0 Å². The van der Waals surface area contributed by atoms with Gasteiger partial charge in [-0.25, -0.2) is 0 Å². The van der Waals surface area contributed by atoms with Crippen LogP contribution in [0.3, 0.4) is 0 Å². The van der Waals surface area contributed by atoms with E-state index in [1.165, 1.54) is 44.6 Å².